The summed E-state index contributed by atoms with van der Waals surface area (Å²) in [5, 5.41) is 21.9. The summed E-state index contributed by atoms with van der Waals surface area (Å²) in [5.41, 5.74) is 1.90. The van der Waals surface area contributed by atoms with Gasteiger partial charge in [0.2, 0.25) is 5.91 Å². The molecule has 0 saturated carbocycles. The first-order chi connectivity index (χ1) is 20.9. The van der Waals surface area contributed by atoms with E-state index < -0.39 is 61.8 Å². The molecule has 1 heterocycles. The summed E-state index contributed by atoms with van der Waals surface area (Å²) < 4.78 is 26.5. The Morgan fingerprint density at radius 2 is 1.64 bits per heavy atom. The number of aliphatic imine (C=N–C) groups is 1. The van der Waals surface area contributed by atoms with Gasteiger partial charge in [-0.2, -0.15) is 0 Å². The number of rotatable bonds is 10. The molecular formula is C29H26Cl2F2N6O5. The van der Waals surface area contributed by atoms with Crippen LogP contribution in [0.4, 0.5) is 14.5 Å². The Labute approximate surface area is 260 Å². The number of alkyl halides is 2. The number of carbonyl (C=O) groups excluding carboxylic acids is 3. The lowest BCUT2D eigenvalue weighted by Gasteiger charge is -2.23. The number of benzene rings is 3. The molecule has 3 amide bonds. The van der Waals surface area contributed by atoms with Gasteiger partial charge in [-0.3, -0.25) is 14.4 Å². The Balaban J connectivity index is 1.29. The Morgan fingerprint density at radius 3 is 2.27 bits per heavy atom. The second-order valence-corrected chi connectivity index (χ2v) is 10.4. The predicted octanol–water partition coefficient (Wildman–Crippen LogP) is 3.40. The van der Waals surface area contributed by atoms with Crippen LogP contribution in [-0.2, 0) is 9.59 Å². The summed E-state index contributed by atoms with van der Waals surface area (Å²) in [7, 11) is 0. The quantitative estimate of drug-likeness (QED) is 0.197. The average Bonchev–Trinajstić information content (AvgIpc) is 2.99. The maximum absolute atomic E-state index is 13.3. The predicted molar refractivity (Wildman–Crippen MR) is 161 cm³/mol. The standard InChI is InChI=1S/C29H26Cl2F2N6O5/c30-20-10-18(16-5-2-1-3-6-16)11-21(31)24(20)26(42)39-22(27(43)44)12-34-23(40)13-35-25(41)17-7-4-8-19(9-17)38-28-36-14-29(32,33)15-37-28/h1-11,22H,12-15H2,(H,34,40)(H,35,41)(H,39,42)(H,43,44)(H2,36,37,38)/t22-/m1/s1. The number of anilines is 1. The Bertz CT molecular complexity index is 1580. The van der Waals surface area contributed by atoms with Crippen LogP contribution in [0.1, 0.15) is 20.7 Å². The van der Waals surface area contributed by atoms with E-state index in [1.165, 1.54) is 24.3 Å². The van der Waals surface area contributed by atoms with Crippen LogP contribution in [0.15, 0.2) is 71.7 Å². The van der Waals surface area contributed by atoms with Gasteiger partial charge in [0.25, 0.3) is 17.7 Å². The summed E-state index contributed by atoms with van der Waals surface area (Å²) >= 11 is 12.6. The molecule has 0 aromatic heterocycles. The van der Waals surface area contributed by atoms with Gasteiger partial charge in [0.1, 0.15) is 12.6 Å². The molecule has 44 heavy (non-hydrogen) atoms. The lowest BCUT2D eigenvalue weighted by Crippen LogP contribution is -2.50. The summed E-state index contributed by atoms with van der Waals surface area (Å²) in [6, 6.07) is 16.7. The number of halogens is 4. The molecule has 4 rings (SSSR count). The molecule has 0 saturated heterocycles. The van der Waals surface area contributed by atoms with E-state index in [0.29, 0.717) is 11.3 Å². The molecule has 1 aliphatic heterocycles. The van der Waals surface area contributed by atoms with Crippen LogP contribution in [-0.4, -0.2) is 72.9 Å². The fraction of sp³-hybridized carbons (Fsp3) is 0.207. The third-order valence-electron chi connectivity index (χ3n) is 6.26. The monoisotopic (exact) mass is 646 g/mol. The van der Waals surface area contributed by atoms with Gasteiger partial charge in [0.05, 0.1) is 28.7 Å². The van der Waals surface area contributed by atoms with E-state index in [4.69, 9.17) is 23.2 Å². The molecule has 0 bridgehead atoms. The van der Waals surface area contributed by atoms with Crippen molar-refractivity contribution in [2.75, 3.05) is 31.5 Å². The first-order valence-electron chi connectivity index (χ1n) is 13.1. The first-order valence-corrected chi connectivity index (χ1v) is 13.8. The van der Waals surface area contributed by atoms with Crippen LogP contribution in [0.25, 0.3) is 11.1 Å². The molecule has 6 N–H and O–H groups in total. The smallest absolute Gasteiger partial charge is 0.328 e. The lowest BCUT2D eigenvalue weighted by molar-refractivity contribution is -0.139. The van der Waals surface area contributed by atoms with Crippen molar-refractivity contribution in [3.63, 3.8) is 0 Å². The highest BCUT2D eigenvalue weighted by Crippen LogP contribution is 2.31. The number of hydrogen-bond acceptors (Lipinski definition) is 7. The average molecular weight is 647 g/mol. The summed E-state index contributed by atoms with van der Waals surface area (Å²) in [6.45, 7) is -2.25. The minimum Gasteiger partial charge on any atom is -0.480 e. The van der Waals surface area contributed by atoms with Crippen LogP contribution < -0.4 is 26.6 Å². The highest BCUT2D eigenvalue weighted by molar-refractivity contribution is 6.40. The topological polar surface area (TPSA) is 161 Å². The zero-order valence-corrected chi connectivity index (χ0v) is 24.3. The highest BCUT2D eigenvalue weighted by atomic mass is 35.5. The summed E-state index contributed by atoms with van der Waals surface area (Å²) in [6.07, 6.45) is 0. The molecule has 11 nitrogen and oxygen atoms in total. The van der Waals surface area contributed by atoms with Gasteiger partial charge in [-0.1, -0.05) is 59.6 Å². The molecule has 0 unspecified atom stereocenters. The van der Waals surface area contributed by atoms with Gasteiger partial charge in [-0.15, -0.1) is 0 Å². The second-order valence-electron chi connectivity index (χ2n) is 9.61. The highest BCUT2D eigenvalue weighted by Gasteiger charge is 2.32. The van der Waals surface area contributed by atoms with Crippen molar-refractivity contribution in [3.05, 3.63) is 87.9 Å². The SMILES string of the molecule is O=C(CNC(=O)c1cccc(NC2=NCC(F)(F)CN2)c1)NC[C@@H](NC(=O)c1c(Cl)cc(-c2ccccc2)cc1Cl)C(=O)O. The molecule has 3 aromatic rings. The largest absolute Gasteiger partial charge is 0.480 e. The molecule has 1 aliphatic rings. The van der Waals surface area contributed by atoms with Crippen LogP contribution >= 0.6 is 23.2 Å². The summed E-state index contributed by atoms with van der Waals surface area (Å²) in [4.78, 5) is 53.3. The van der Waals surface area contributed by atoms with E-state index in [1.807, 2.05) is 30.3 Å². The van der Waals surface area contributed by atoms with Gasteiger partial charge in [-0.25, -0.2) is 18.6 Å². The fourth-order valence-electron chi connectivity index (χ4n) is 4.04. The number of amides is 3. The van der Waals surface area contributed by atoms with E-state index >= 15 is 0 Å². The Hall–Kier alpha value is -4.75. The lowest BCUT2D eigenvalue weighted by atomic mass is 10.0. The molecule has 15 heteroatoms. The van der Waals surface area contributed by atoms with Crippen LogP contribution in [0, 0.1) is 0 Å². The normalized spacial score (nSPS) is 14.3. The van der Waals surface area contributed by atoms with Gasteiger partial charge >= 0.3 is 5.97 Å². The third-order valence-corrected chi connectivity index (χ3v) is 6.86. The van der Waals surface area contributed by atoms with Gasteiger partial charge in [0.15, 0.2) is 5.96 Å². The number of guanidine groups is 1. The number of nitrogens with zero attached hydrogens (tertiary/aromatic N) is 1. The van der Waals surface area contributed by atoms with Crippen molar-refractivity contribution < 1.29 is 33.1 Å². The van der Waals surface area contributed by atoms with Crippen LogP contribution in [0.2, 0.25) is 10.0 Å². The molecule has 0 spiro atoms. The summed E-state index contributed by atoms with van der Waals surface area (Å²) in [5.74, 6) is -6.45. The number of nitrogens with one attached hydrogen (secondary N) is 5. The molecule has 0 radical (unpaired) electrons. The number of aliphatic carboxylic acids is 1. The number of carboxylic acids is 1. The number of hydrogen-bond donors (Lipinski definition) is 6. The van der Waals surface area contributed by atoms with Crippen molar-refractivity contribution in [1.82, 2.24) is 21.3 Å². The number of carboxylic acid groups (broad SMARTS) is 1. The van der Waals surface area contributed by atoms with Gasteiger partial charge in [0, 0.05) is 17.8 Å². The molecule has 230 valence electrons. The Kier molecular flexibility index (Phi) is 10.3. The van der Waals surface area contributed by atoms with Crippen molar-refractivity contribution >= 4 is 58.5 Å². The molecular weight excluding hydrogens is 621 g/mol. The van der Waals surface area contributed by atoms with Crippen LogP contribution in [0.3, 0.4) is 0 Å². The fourth-order valence-corrected chi connectivity index (χ4v) is 4.70. The first kappa shape index (κ1) is 32.2. The molecule has 1 atom stereocenters. The van der Waals surface area contributed by atoms with Crippen LogP contribution in [0.5, 0.6) is 0 Å². The molecule has 0 aliphatic carbocycles. The van der Waals surface area contributed by atoms with E-state index in [0.717, 1.165) is 5.56 Å². The third kappa shape index (κ3) is 8.64. The van der Waals surface area contributed by atoms with Crippen molar-refractivity contribution in [1.29, 1.82) is 0 Å². The maximum Gasteiger partial charge on any atom is 0.328 e. The van der Waals surface area contributed by atoms with Gasteiger partial charge < -0.3 is 31.7 Å². The van der Waals surface area contributed by atoms with Crippen molar-refractivity contribution in [2.45, 2.75) is 12.0 Å². The van der Waals surface area contributed by atoms with E-state index in [1.54, 1.807) is 12.1 Å². The van der Waals surface area contributed by atoms with E-state index in [9.17, 15) is 33.1 Å². The minimum atomic E-state index is -2.94. The minimum absolute atomic E-state index is 0.00792. The van der Waals surface area contributed by atoms with Crippen molar-refractivity contribution in [2.24, 2.45) is 4.99 Å². The zero-order valence-electron chi connectivity index (χ0n) is 22.8. The van der Waals surface area contributed by atoms with Crippen molar-refractivity contribution in [3.8, 4) is 11.1 Å². The van der Waals surface area contributed by atoms with E-state index in [-0.39, 0.29) is 27.1 Å². The second kappa shape index (κ2) is 14.1. The van der Waals surface area contributed by atoms with Gasteiger partial charge in [-0.05, 0) is 41.5 Å². The molecule has 0 fully saturated rings. The number of carbonyl (C=O) groups is 4. The zero-order chi connectivity index (χ0) is 31.9. The van der Waals surface area contributed by atoms with E-state index in [2.05, 4.69) is 31.6 Å². The Morgan fingerprint density at radius 1 is 0.932 bits per heavy atom. The molecule has 3 aromatic carbocycles. The maximum atomic E-state index is 13.3.